The third-order valence-corrected chi connectivity index (χ3v) is 3.52. The minimum atomic E-state index is -0.464. The van der Waals surface area contributed by atoms with Crippen LogP contribution in [0, 0.1) is 5.92 Å². The molecule has 0 spiro atoms. The highest BCUT2D eigenvalue weighted by Gasteiger charge is 2.31. The largest absolute Gasteiger partial charge is 0.466 e. The van der Waals surface area contributed by atoms with Gasteiger partial charge in [0.1, 0.15) is 0 Å². The molecular weight excluding hydrogens is 246 g/mol. The van der Waals surface area contributed by atoms with E-state index in [9.17, 15) is 9.59 Å². The quantitative estimate of drug-likeness (QED) is 0.713. The number of carbonyl (C=O) groups excluding carboxylic acids is 2. The third-order valence-electron chi connectivity index (χ3n) is 3.52. The summed E-state index contributed by atoms with van der Waals surface area (Å²) >= 11 is 0. The lowest BCUT2D eigenvalue weighted by Crippen LogP contribution is -2.45. The van der Waals surface area contributed by atoms with Crippen molar-refractivity contribution < 1.29 is 19.1 Å². The summed E-state index contributed by atoms with van der Waals surface area (Å²) in [4.78, 5) is 25.7. The molecule has 5 heteroatoms. The standard InChI is InChI=1S/C14H25NO4/c1-5-19-13(17)11-7-6-8-15(10-11)12(16)9-14(2,3)18-4/h11H,5-10H2,1-4H3. The fourth-order valence-corrected chi connectivity index (χ4v) is 2.20. The number of carbonyl (C=O) groups is 2. The number of piperidine rings is 1. The Morgan fingerprint density at radius 3 is 2.63 bits per heavy atom. The van der Waals surface area contributed by atoms with Gasteiger partial charge in [-0.15, -0.1) is 0 Å². The van der Waals surface area contributed by atoms with Gasteiger partial charge in [0.25, 0.3) is 0 Å². The van der Waals surface area contributed by atoms with Crippen LogP contribution in [0.4, 0.5) is 0 Å². The number of nitrogens with zero attached hydrogens (tertiary/aromatic N) is 1. The first-order valence-electron chi connectivity index (χ1n) is 6.89. The zero-order valence-corrected chi connectivity index (χ0v) is 12.4. The van der Waals surface area contributed by atoms with Gasteiger partial charge in [0.2, 0.25) is 5.91 Å². The second kappa shape index (κ2) is 6.89. The van der Waals surface area contributed by atoms with E-state index < -0.39 is 5.60 Å². The van der Waals surface area contributed by atoms with Gasteiger partial charge in [-0.25, -0.2) is 0 Å². The van der Waals surface area contributed by atoms with E-state index in [0.717, 1.165) is 12.8 Å². The molecule has 110 valence electrons. The van der Waals surface area contributed by atoms with Crippen molar-refractivity contribution in [1.82, 2.24) is 4.90 Å². The summed E-state index contributed by atoms with van der Waals surface area (Å²) in [5.41, 5.74) is -0.464. The van der Waals surface area contributed by atoms with Crippen molar-refractivity contribution in [2.75, 3.05) is 26.8 Å². The lowest BCUT2D eigenvalue weighted by atomic mass is 9.96. The van der Waals surface area contributed by atoms with Gasteiger partial charge in [-0.05, 0) is 33.6 Å². The molecule has 0 aromatic rings. The fraction of sp³-hybridized carbons (Fsp3) is 0.857. The van der Waals surface area contributed by atoms with E-state index in [1.54, 1.807) is 18.9 Å². The van der Waals surface area contributed by atoms with Crippen molar-refractivity contribution >= 4 is 11.9 Å². The smallest absolute Gasteiger partial charge is 0.310 e. The van der Waals surface area contributed by atoms with Crippen LogP contribution >= 0.6 is 0 Å². The zero-order valence-electron chi connectivity index (χ0n) is 12.4. The molecule has 1 heterocycles. The van der Waals surface area contributed by atoms with Gasteiger partial charge in [-0.2, -0.15) is 0 Å². The van der Waals surface area contributed by atoms with Gasteiger partial charge in [0.05, 0.1) is 24.5 Å². The van der Waals surface area contributed by atoms with Crippen LogP contribution in [0.1, 0.15) is 40.0 Å². The van der Waals surface area contributed by atoms with Crippen LogP contribution in [0.15, 0.2) is 0 Å². The molecule has 0 aromatic heterocycles. The summed E-state index contributed by atoms with van der Waals surface area (Å²) in [5.74, 6) is -0.324. The monoisotopic (exact) mass is 271 g/mol. The van der Waals surface area contributed by atoms with Gasteiger partial charge >= 0.3 is 5.97 Å². The Morgan fingerprint density at radius 1 is 1.37 bits per heavy atom. The van der Waals surface area contributed by atoms with Crippen LogP contribution in [0.25, 0.3) is 0 Å². The molecule has 5 nitrogen and oxygen atoms in total. The van der Waals surface area contributed by atoms with Crippen LogP contribution in [0.3, 0.4) is 0 Å². The average molecular weight is 271 g/mol. The predicted octanol–water partition coefficient (Wildman–Crippen LogP) is 1.60. The summed E-state index contributed by atoms with van der Waals surface area (Å²) in [5, 5.41) is 0. The maximum atomic E-state index is 12.2. The molecule has 1 aliphatic rings. The number of hydrogen-bond acceptors (Lipinski definition) is 4. The normalized spacial score (nSPS) is 20.2. The highest BCUT2D eigenvalue weighted by Crippen LogP contribution is 2.21. The topological polar surface area (TPSA) is 55.8 Å². The molecule has 1 atom stereocenters. The Hall–Kier alpha value is -1.10. The second-order valence-corrected chi connectivity index (χ2v) is 5.57. The minimum absolute atomic E-state index is 0.0425. The van der Waals surface area contributed by atoms with E-state index in [0.29, 0.717) is 26.1 Å². The summed E-state index contributed by atoms with van der Waals surface area (Å²) < 4.78 is 10.3. The number of amides is 1. The molecule has 19 heavy (non-hydrogen) atoms. The molecule has 1 amide bonds. The number of likely N-dealkylation sites (tertiary alicyclic amines) is 1. The molecule has 0 N–H and O–H groups in total. The van der Waals surface area contributed by atoms with Gasteiger partial charge in [0, 0.05) is 20.2 Å². The van der Waals surface area contributed by atoms with Crippen molar-refractivity contribution in [2.45, 2.75) is 45.6 Å². The average Bonchev–Trinajstić information content (AvgIpc) is 2.38. The third kappa shape index (κ3) is 4.82. The number of ether oxygens (including phenoxy) is 2. The van der Waals surface area contributed by atoms with Crippen LogP contribution in [-0.2, 0) is 19.1 Å². The van der Waals surface area contributed by atoms with E-state index in [2.05, 4.69) is 0 Å². The molecule has 1 fully saturated rings. The molecule has 0 aliphatic carbocycles. The molecule has 1 rings (SSSR count). The SMILES string of the molecule is CCOC(=O)C1CCCN(C(=O)CC(C)(C)OC)C1. The zero-order chi connectivity index (χ0) is 14.5. The molecule has 0 bridgehead atoms. The molecular formula is C14H25NO4. The predicted molar refractivity (Wildman–Crippen MR) is 71.6 cm³/mol. The van der Waals surface area contributed by atoms with Crippen LogP contribution in [-0.4, -0.2) is 49.2 Å². The Kier molecular flexibility index (Phi) is 5.79. The highest BCUT2D eigenvalue weighted by atomic mass is 16.5. The van der Waals surface area contributed by atoms with E-state index in [1.165, 1.54) is 0 Å². The molecule has 0 radical (unpaired) electrons. The van der Waals surface area contributed by atoms with Crippen molar-refractivity contribution in [3.63, 3.8) is 0 Å². The second-order valence-electron chi connectivity index (χ2n) is 5.57. The fourth-order valence-electron chi connectivity index (χ4n) is 2.20. The molecule has 1 aliphatic heterocycles. The number of rotatable bonds is 5. The first-order chi connectivity index (χ1) is 8.89. The van der Waals surface area contributed by atoms with Crippen LogP contribution < -0.4 is 0 Å². The van der Waals surface area contributed by atoms with E-state index in [4.69, 9.17) is 9.47 Å². The molecule has 0 saturated carbocycles. The summed E-state index contributed by atoms with van der Waals surface area (Å²) in [6.45, 7) is 7.14. The van der Waals surface area contributed by atoms with Crippen molar-refractivity contribution in [1.29, 1.82) is 0 Å². The van der Waals surface area contributed by atoms with E-state index >= 15 is 0 Å². The Morgan fingerprint density at radius 2 is 2.05 bits per heavy atom. The number of methoxy groups -OCH3 is 1. The van der Waals surface area contributed by atoms with E-state index in [-0.39, 0.29) is 17.8 Å². The highest BCUT2D eigenvalue weighted by molar-refractivity contribution is 5.79. The Balaban J connectivity index is 2.54. The van der Waals surface area contributed by atoms with Gasteiger partial charge in [0.15, 0.2) is 0 Å². The van der Waals surface area contributed by atoms with E-state index in [1.807, 2.05) is 13.8 Å². The molecule has 0 aromatic carbocycles. The lowest BCUT2D eigenvalue weighted by Gasteiger charge is -2.33. The van der Waals surface area contributed by atoms with Gasteiger partial charge in [-0.3, -0.25) is 9.59 Å². The lowest BCUT2D eigenvalue weighted by molar-refractivity contribution is -0.151. The summed E-state index contributed by atoms with van der Waals surface area (Å²) in [7, 11) is 1.60. The van der Waals surface area contributed by atoms with Gasteiger partial charge < -0.3 is 14.4 Å². The van der Waals surface area contributed by atoms with Crippen molar-refractivity contribution in [2.24, 2.45) is 5.92 Å². The molecule has 1 saturated heterocycles. The van der Waals surface area contributed by atoms with Crippen molar-refractivity contribution in [3.05, 3.63) is 0 Å². The van der Waals surface area contributed by atoms with Crippen LogP contribution in [0.2, 0.25) is 0 Å². The maximum absolute atomic E-state index is 12.2. The summed E-state index contributed by atoms with van der Waals surface area (Å²) in [6, 6.07) is 0. The maximum Gasteiger partial charge on any atom is 0.310 e. The Bertz CT molecular complexity index is 327. The molecule has 1 unspecified atom stereocenters. The first-order valence-corrected chi connectivity index (χ1v) is 6.89. The number of esters is 1. The first kappa shape index (κ1) is 16.0. The van der Waals surface area contributed by atoms with Crippen LogP contribution in [0.5, 0.6) is 0 Å². The Labute approximate surface area is 115 Å². The summed E-state index contributed by atoms with van der Waals surface area (Å²) in [6.07, 6.45) is 1.98. The minimum Gasteiger partial charge on any atom is -0.466 e. The van der Waals surface area contributed by atoms with Crippen molar-refractivity contribution in [3.8, 4) is 0 Å². The number of hydrogen-bond donors (Lipinski definition) is 0. The van der Waals surface area contributed by atoms with Gasteiger partial charge in [-0.1, -0.05) is 0 Å².